The van der Waals surface area contributed by atoms with Crippen LogP contribution in [0.4, 0.5) is 0 Å². The maximum Gasteiger partial charge on any atom is 0.303 e. The molecule has 0 radical (unpaired) electrons. The number of aryl methyl sites for hydroxylation is 2. The zero-order chi connectivity index (χ0) is 17.8. The van der Waals surface area contributed by atoms with Gasteiger partial charge in [-0.15, -0.1) is 0 Å². The first-order valence-corrected chi connectivity index (χ1v) is 8.44. The molecule has 0 saturated carbocycles. The summed E-state index contributed by atoms with van der Waals surface area (Å²) in [5, 5.41) is 8.47. The predicted octanol–water partition coefficient (Wildman–Crippen LogP) is 4.94. The lowest BCUT2D eigenvalue weighted by Gasteiger charge is -2.01. The van der Waals surface area contributed by atoms with Gasteiger partial charge < -0.3 is 5.11 Å². The van der Waals surface area contributed by atoms with Gasteiger partial charge in [0, 0.05) is 12.0 Å². The predicted molar refractivity (Wildman–Crippen MR) is 97.5 cm³/mol. The lowest BCUT2D eigenvalue weighted by molar-refractivity contribution is -0.136. The van der Waals surface area contributed by atoms with E-state index >= 15 is 0 Å². The van der Waals surface area contributed by atoms with Crippen LogP contribution in [0.2, 0.25) is 0 Å². The van der Waals surface area contributed by atoms with Crippen molar-refractivity contribution in [2.75, 3.05) is 0 Å². The highest BCUT2D eigenvalue weighted by Gasteiger charge is 2.07. The zero-order valence-corrected chi connectivity index (χ0v) is 14.5. The van der Waals surface area contributed by atoms with Gasteiger partial charge in [0.05, 0.1) is 6.42 Å². The fourth-order valence-electron chi connectivity index (χ4n) is 2.22. The van der Waals surface area contributed by atoms with E-state index in [2.05, 4.69) is 38.1 Å². The summed E-state index contributed by atoms with van der Waals surface area (Å²) in [6.07, 6.45) is 3.19. The Morgan fingerprint density at radius 3 is 1.92 bits per heavy atom. The number of rotatable bonds is 7. The van der Waals surface area contributed by atoms with Crippen molar-refractivity contribution < 1.29 is 14.7 Å². The molecule has 0 aliphatic carbocycles. The van der Waals surface area contributed by atoms with Crippen molar-refractivity contribution in [1.29, 1.82) is 0 Å². The molecule has 0 aliphatic rings. The Morgan fingerprint density at radius 1 is 0.833 bits per heavy atom. The molecule has 0 aliphatic heterocycles. The Labute approximate surface area is 144 Å². The molecule has 2 aromatic carbocycles. The molecular weight excluding hydrogens is 300 g/mol. The van der Waals surface area contributed by atoms with Crippen LogP contribution < -0.4 is 0 Å². The second-order valence-corrected chi connectivity index (χ2v) is 5.60. The summed E-state index contributed by atoms with van der Waals surface area (Å²) < 4.78 is 0. The largest absolute Gasteiger partial charge is 0.481 e. The van der Waals surface area contributed by atoms with Crippen molar-refractivity contribution in [3.05, 3.63) is 71.3 Å². The number of hydrogen-bond donors (Lipinski definition) is 1. The van der Waals surface area contributed by atoms with E-state index in [1.54, 1.807) is 12.1 Å². The lowest BCUT2D eigenvalue weighted by atomic mass is 10.0. The molecule has 0 unspecified atom stereocenters. The number of carboxylic acids is 1. The van der Waals surface area contributed by atoms with Gasteiger partial charge in [-0.3, -0.25) is 9.59 Å². The summed E-state index contributed by atoms with van der Waals surface area (Å²) in [5.41, 5.74) is 3.21. The maximum atomic E-state index is 11.6. The van der Waals surface area contributed by atoms with Crippen molar-refractivity contribution in [2.24, 2.45) is 0 Å². The average molecular weight is 326 g/mol. The minimum atomic E-state index is -0.934. The Balaban J connectivity index is 0.000000300. The Kier molecular flexibility index (Phi) is 9.13. The summed E-state index contributed by atoms with van der Waals surface area (Å²) >= 11 is 0. The number of Topliss-reactive ketones (excluding diaryl/α,β-unsaturated/α-hetero) is 1. The molecule has 0 heterocycles. The lowest BCUT2D eigenvalue weighted by Crippen LogP contribution is -2.03. The molecule has 0 fully saturated rings. The first-order chi connectivity index (χ1) is 11.6. The first kappa shape index (κ1) is 19.6. The fraction of sp³-hybridized carbons (Fsp3) is 0.333. The molecular formula is C21H26O3. The van der Waals surface area contributed by atoms with E-state index in [-0.39, 0.29) is 18.6 Å². The molecule has 24 heavy (non-hydrogen) atoms. The molecule has 2 aromatic rings. The summed E-state index contributed by atoms with van der Waals surface area (Å²) in [6, 6.07) is 17.9. The number of hydrogen-bond acceptors (Lipinski definition) is 2. The normalized spacial score (nSPS) is 9.75. The van der Waals surface area contributed by atoms with Crippen LogP contribution >= 0.6 is 0 Å². The molecule has 0 atom stereocenters. The van der Waals surface area contributed by atoms with Crippen LogP contribution in [0, 0.1) is 0 Å². The topological polar surface area (TPSA) is 54.4 Å². The highest BCUT2D eigenvalue weighted by molar-refractivity contribution is 5.97. The molecule has 0 bridgehead atoms. The Hall–Kier alpha value is -2.42. The average Bonchev–Trinajstić information content (AvgIpc) is 2.62. The van der Waals surface area contributed by atoms with Crippen LogP contribution in [-0.4, -0.2) is 16.9 Å². The van der Waals surface area contributed by atoms with Crippen LogP contribution in [-0.2, 0) is 17.6 Å². The number of benzene rings is 2. The molecule has 0 saturated heterocycles. The van der Waals surface area contributed by atoms with Crippen molar-refractivity contribution in [2.45, 2.75) is 46.0 Å². The van der Waals surface area contributed by atoms with Crippen LogP contribution in [0.5, 0.6) is 0 Å². The van der Waals surface area contributed by atoms with Crippen LogP contribution in [0.15, 0.2) is 54.6 Å². The number of aliphatic carboxylic acids is 1. The van der Waals surface area contributed by atoms with E-state index in [9.17, 15) is 9.59 Å². The van der Waals surface area contributed by atoms with Crippen molar-refractivity contribution in [3.63, 3.8) is 0 Å². The Morgan fingerprint density at radius 2 is 1.46 bits per heavy atom. The SMILES string of the molecule is CCCc1ccc(C(=O)CCC(=O)O)cc1.CCc1ccccc1. The van der Waals surface area contributed by atoms with Gasteiger partial charge in [-0.05, 0) is 24.0 Å². The third kappa shape index (κ3) is 7.73. The van der Waals surface area contributed by atoms with Crippen LogP contribution in [0.3, 0.4) is 0 Å². The van der Waals surface area contributed by atoms with Gasteiger partial charge in [0.15, 0.2) is 5.78 Å². The number of carboxylic acid groups (broad SMARTS) is 1. The maximum absolute atomic E-state index is 11.6. The van der Waals surface area contributed by atoms with Crippen molar-refractivity contribution >= 4 is 11.8 Å². The summed E-state index contributed by atoms with van der Waals surface area (Å²) in [4.78, 5) is 21.9. The quantitative estimate of drug-likeness (QED) is 0.734. The minimum Gasteiger partial charge on any atom is -0.481 e. The third-order valence-corrected chi connectivity index (χ3v) is 3.63. The van der Waals surface area contributed by atoms with E-state index in [4.69, 9.17) is 5.11 Å². The standard InChI is InChI=1S/C13H16O3.C8H10/c1-2-3-10-4-6-11(7-5-10)12(14)8-9-13(15)16;1-2-8-6-4-3-5-7-8/h4-7H,2-3,8-9H2,1H3,(H,15,16);3-7H,2H2,1H3. The second kappa shape index (κ2) is 11.2. The molecule has 0 spiro atoms. The van der Waals surface area contributed by atoms with Crippen molar-refractivity contribution in [1.82, 2.24) is 0 Å². The van der Waals surface area contributed by atoms with E-state index in [0.29, 0.717) is 5.56 Å². The number of carbonyl (C=O) groups excluding carboxylic acids is 1. The summed E-state index contributed by atoms with van der Waals surface area (Å²) in [7, 11) is 0. The van der Waals surface area contributed by atoms with E-state index < -0.39 is 5.97 Å². The van der Waals surface area contributed by atoms with Crippen LogP contribution in [0.1, 0.15) is 54.6 Å². The molecule has 0 aromatic heterocycles. The zero-order valence-electron chi connectivity index (χ0n) is 14.5. The minimum absolute atomic E-state index is 0.0719. The number of carbonyl (C=O) groups is 2. The number of ketones is 1. The second-order valence-electron chi connectivity index (χ2n) is 5.60. The van der Waals surface area contributed by atoms with E-state index in [0.717, 1.165) is 19.3 Å². The van der Waals surface area contributed by atoms with E-state index in [1.807, 2.05) is 18.2 Å². The molecule has 0 amide bonds. The fourth-order valence-corrected chi connectivity index (χ4v) is 2.22. The van der Waals surface area contributed by atoms with Gasteiger partial charge in [-0.25, -0.2) is 0 Å². The smallest absolute Gasteiger partial charge is 0.303 e. The highest BCUT2D eigenvalue weighted by Crippen LogP contribution is 2.09. The summed E-state index contributed by atoms with van der Waals surface area (Å²) in [6.45, 7) is 4.27. The van der Waals surface area contributed by atoms with Gasteiger partial charge >= 0.3 is 5.97 Å². The van der Waals surface area contributed by atoms with Gasteiger partial charge in [0.25, 0.3) is 0 Å². The molecule has 1 N–H and O–H groups in total. The van der Waals surface area contributed by atoms with Gasteiger partial charge in [0.1, 0.15) is 0 Å². The van der Waals surface area contributed by atoms with Gasteiger partial charge in [-0.2, -0.15) is 0 Å². The van der Waals surface area contributed by atoms with Crippen LogP contribution in [0.25, 0.3) is 0 Å². The first-order valence-electron chi connectivity index (χ1n) is 8.44. The Bertz CT molecular complexity index is 615. The molecule has 3 heteroatoms. The highest BCUT2D eigenvalue weighted by atomic mass is 16.4. The van der Waals surface area contributed by atoms with E-state index in [1.165, 1.54) is 11.1 Å². The van der Waals surface area contributed by atoms with Gasteiger partial charge in [-0.1, -0.05) is 74.9 Å². The molecule has 2 rings (SSSR count). The summed E-state index contributed by atoms with van der Waals surface area (Å²) in [5.74, 6) is -1.04. The van der Waals surface area contributed by atoms with Crippen molar-refractivity contribution in [3.8, 4) is 0 Å². The third-order valence-electron chi connectivity index (χ3n) is 3.63. The molecule has 3 nitrogen and oxygen atoms in total. The monoisotopic (exact) mass is 326 g/mol. The van der Waals surface area contributed by atoms with Gasteiger partial charge in [0.2, 0.25) is 0 Å². The molecule has 128 valence electrons.